The van der Waals surface area contributed by atoms with E-state index in [1.165, 1.54) is 44.6 Å². The predicted octanol–water partition coefficient (Wildman–Crippen LogP) is 0.427. The maximum Gasteiger partial charge on any atom is 0.288 e. The van der Waals surface area contributed by atoms with E-state index in [1.54, 1.807) is 12.1 Å². The summed E-state index contributed by atoms with van der Waals surface area (Å²) in [6.07, 6.45) is 2.47. The van der Waals surface area contributed by atoms with Crippen LogP contribution in [0.5, 0.6) is 5.88 Å². The van der Waals surface area contributed by atoms with E-state index in [9.17, 15) is 4.79 Å². The van der Waals surface area contributed by atoms with Gasteiger partial charge in [-0.1, -0.05) is 28.1 Å². The lowest BCUT2D eigenvalue weighted by Crippen LogP contribution is -2.47. The third-order valence-corrected chi connectivity index (χ3v) is 6.33. The van der Waals surface area contributed by atoms with E-state index in [1.807, 2.05) is 6.92 Å². The molecule has 35 heavy (non-hydrogen) atoms. The molecule has 0 bridgehead atoms. The molecule has 1 aliphatic rings. The van der Waals surface area contributed by atoms with Crippen molar-refractivity contribution in [3.8, 4) is 5.88 Å². The Morgan fingerprint density at radius 1 is 1.17 bits per heavy atom. The zero-order valence-corrected chi connectivity index (χ0v) is 20.8. The normalized spacial score (nSPS) is 18.2. The van der Waals surface area contributed by atoms with Crippen LogP contribution in [0.15, 0.2) is 35.6 Å². The lowest BCUT2D eigenvalue weighted by Gasteiger charge is -2.22. The highest BCUT2D eigenvalue weighted by atomic mass is 35.5. The fourth-order valence-electron chi connectivity index (χ4n) is 2.99. The number of carbonyl (C=O) groups excluding carboxylic acids is 1. The van der Waals surface area contributed by atoms with Gasteiger partial charge in [0.15, 0.2) is 5.82 Å². The maximum atomic E-state index is 12.6. The monoisotopic (exact) mass is 505 g/mol. The number of nitrogens with zero attached hydrogens (tertiary/aromatic N) is 4. The van der Waals surface area contributed by atoms with Gasteiger partial charge in [-0.05, 0) is 24.9 Å². The van der Waals surface area contributed by atoms with E-state index in [-0.39, 0.29) is 22.8 Å². The van der Waals surface area contributed by atoms with Gasteiger partial charge in [-0.25, -0.2) is 19.9 Å². The number of guanidine groups is 1. The second kappa shape index (κ2) is 11.1. The van der Waals surface area contributed by atoms with Crippen molar-refractivity contribution >= 4 is 66.8 Å². The number of rotatable bonds is 8. The number of aromatic nitrogens is 3. The predicted molar refractivity (Wildman–Crippen MR) is 138 cm³/mol. The highest BCUT2D eigenvalue weighted by Gasteiger charge is 2.62. The van der Waals surface area contributed by atoms with E-state index >= 15 is 0 Å². The number of hydrogen-bond acceptors (Lipinski definition) is 8. The van der Waals surface area contributed by atoms with Gasteiger partial charge in [0.1, 0.15) is 11.8 Å². The molecule has 1 amide bonds. The molecule has 3 N–H and O–H groups in total. The van der Waals surface area contributed by atoms with E-state index < -0.39 is 28.5 Å². The number of nitrogens with one attached hydrogen (secondary N) is 3. The first-order valence-electron chi connectivity index (χ1n) is 10.2. The number of aliphatic imine (C=N–C) groups is 1. The smallest absolute Gasteiger partial charge is 0.288 e. The van der Waals surface area contributed by atoms with Crippen LogP contribution in [0.4, 0.5) is 0 Å². The summed E-state index contributed by atoms with van der Waals surface area (Å²) < 4.78 is 13.6. The molecule has 1 saturated carbocycles. The minimum atomic E-state index is -1.43. The second-order valence-corrected chi connectivity index (χ2v) is 9.35. The van der Waals surface area contributed by atoms with Crippen molar-refractivity contribution < 1.29 is 14.3 Å². The Morgan fingerprint density at radius 2 is 1.83 bits per heavy atom. The van der Waals surface area contributed by atoms with Crippen molar-refractivity contribution in [3.05, 3.63) is 47.1 Å². The molecule has 0 aliphatic heterocycles. The second-order valence-electron chi connectivity index (χ2n) is 7.73. The fourth-order valence-corrected chi connectivity index (χ4v) is 3.85. The first-order valence-corrected chi connectivity index (χ1v) is 11.5. The van der Waals surface area contributed by atoms with E-state index in [0.717, 1.165) is 0 Å². The summed E-state index contributed by atoms with van der Waals surface area (Å²) in [6, 6.07) is 3.94. The number of carbonyl (C=O) groups is 1. The Labute approximate surface area is 218 Å². The Hall–Kier alpha value is -2.37. The quantitative estimate of drug-likeness (QED) is 0.154. The van der Waals surface area contributed by atoms with Crippen LogP contribution in [0.2, 0.25) is 15.5 Å². The summed E-state index contributed by atoms with van der Waals surface area (Å²) >= 11 is 7.08. The van der Waals surface area contributed by atoms with Crippen molar-refractivity contribution in [1.82, 2.24) is 30.5 Å². The van der Waals surface area contributed by atoms with Gasteiger partial charge in [-0.15, -0.1) is 0 Å². The molecule has 0 aromatic carbocycles. The summed E-state index contributed by atoms with van der Waals surface area (Å²) in [7, 11) is 26.7. The van der Waals surface area contributed by atoms with Gasteiger partial charge in [0.05, 0.1) is 48.8 Å². The molecular formula is C19H20B4ClN7O3S. The molecule has 2 heterocycles. The summed E-state index contributed by atoms with van der Waals surface area (Å²) in [5.41, 5.74) is 5.30. The van der Waals surface area contributed by atoms with Gasteiger partial charge in [-0.2, -0.15) is 0 Å². The number of hydrogen-bond donors (Lipinski definition) is 3. The molecule has 8 radical (unpaired) electrons. The van der Waals surface area contributed by atoms with E-state index in [0.29, 0.717) is 10.8 Å². The van der Waals surface area contributed by atoms with Crippen LogP contribution < -0.4 is 20.3 Å². The number of methoxy groups -OCH3 is 2. The van der Waals surface area contributed by atoms with Crippen LogP contribution in [-0.2, 0) is 4.74 Å². The first-order chi connectivity index (χ1) is 16.5. The largest absolute Gasteiger partial charge is 0.481 e. The van der Waals surface area contributed by atoms with E-state index in [2.05, 4.69) is 35.5 Å². The van der Waals surface area contributed by atoms with Gasteiger partial charge in [0.25, 0.3) is 5.91 Å². The maximum absolute atomic E-state index is 12.6. The summed E-state index contributed by atoms with van der Waals surface area (Å²) in [4.78, 5) is 29.4. The third kappa shape index (κ3) is 6.25. The van der Waals surface area contributed by atoms with Gasteiger partial charge >= 0.3 is 0 Å². The molecule has 0 spiro atoms. The molecule has 16 heteroatoms. The highest BCUT2D eigenvalue weighted by molar-refractivity contribution is 7.98. The molecule has 2 unspecified atom stereocenters. The van der Waals surface area contributed by atoms with Gasteiger partial charge in [-0.3, -0.25) is 20.4 Å². The van der Waals surface area contributed by atoms with Crippen molar-refractivity contribution in [2.75, 3.05) is 14.2 Å². The Kier molecular flexibility index (Phi) is 8.66. The number of ether oxygens (including phenoxy) is 2. The van der Waals surface area contributed by atoms with Crippen LogP contribution in [0.25, 0.3) is 0 Å². The van der Waals surface area contributed by atoms with Crippen molar-refractivity contribution in [1.29, 1.82) is 0 Å². The SMILES string of the molecule is [B]C1([B])C(N=C(NNC(=O)c2cccc(OC)n2)NSC(C)C(OC)c2ncc(Cl)cn2)C1([B])[B]. The highest BCUT2D eigenvalue weighted by Crippen LogP contribution is 2.69. The van der Waals surface area contributed by atoms with E-state index in [4.69, 9.17) is 52.5 Å². The Morgan fingerprint density at radius 3 is 2.40 bits per heavy atom. The van der Waals surface area contributed by atoms with Crippen molar-refractivity contribution in [3.63, 3.8) is 0 Å². The lowest BCUT2D eigenvalue weighted by atomic mass is 9.49. The molecule has 1 aliphatic carbocycles. The van der Waals surface area contributed by atoms with Gasteiger partial charge < -0.3 is 9.47 Å². The van der Waals surface area contributed by atoms with Crippen LogP contribution >= 0.6 is 23.5 Å². The minimum absolute atomic E-state index is 0.0908. The van der Waals surface area contributed by atoms with Crippen molar-refractivity contribution in [2.24, 2.45) is 4.99 Å². The third-order valence-electron chi connectivity index (χ3n) is 5.21. The fraction of sp³-hybridized carbons (Fsp3) is 0.421. The summed E-state index contributed by atoms with van der Waals surface area (Å²) in [5, 5.41) is -2.68. The zero-order valence-electron chi connectivity index (χ0n) is 19.2. The molecule has 2 aromatic rings. The average molecular weight is 505 g/mol. The summed E-state index contributed by atoms with van der Waals surface area (Å²) in [5.74, 6) is 0.271. The minimum Gasteiger partial charge on any atom is -0.481 e. The lowest BCUT2D eigenvalue weighted by molar-refractivity contribution is 0.0937. The number of hydrazine groups is 1. The van der Waals surface area contributed by atoms with Gasteiger partial charge in [0.2, 0.25) is 11.8 Å². The first kappa shape index (κ1) is 27.2. The Balaban J connectivity index is 1.71. The molecule has 174 valence electrons. The molecule has 10 nitrogen and oxygen atoms in total. The number of halogens is 1. The Bertz CT molecular complexity index is 1070. The molecule has 2 atom stereocenters. The molecule has 3 rings (SSSR count). The molecule has 2 aromatic heterocycles. The van der Waals surface area contributed by atoms with Crippen molar-refractivity contribution in [2.45, 2.75) is 34.7 Å². The van der Waals surface area contributed by atoms with Gasteiger partial charge in [0, 0.05) is 31.6 Å². The van der Waals surface area contributed by atoms with Crippen LogP contribution in [0.1, 0.15) is 29.3 Å². The molecule has 1 fully saturated rings. The molecule has 0 saturated heterocycles. The number of pyridine rings is 1. The topological polar surface area (TPSA) is 123 Å². The van der Waals surface area contributed by atoms with Crippen LogP contribution in [0.3, 0.4) is 0 Å². The summed E-state index contributed by atoms with van der Waals surface area (Å²) in [6.45, 7) is 1.88. The average Bonchev–Trinajstić information content (AvgIpc) is 3.23. The number of amides is 1. The van der Waals surface area contributed by atoms with Crippen LogP contribution in [-0.4, -0.2) is 83.7 Å². The standard InChI is InChI=1S/C19H20B4ClN7O3S/c1-9(13(34-3)14-25-7-10(24)8-26-14)35-31-17(28-16-18(20,21)19(16,22)23)30-29-15(32)11-5-4-6-12(27-11)33-2/h4-9,13,16H,1-3H3,(H,29,32)(H2,28,30,31). The van der Waals surface area contributed by atoms with Crippen LogP contribution in [0, 0.1) is 0 Å². The molecular weight excluding hydrogens is 485 g/mol. The zero-order chi connectivity index (χ0) is 25.8.